The Morgan fingerprint density at radius 3 is 2.43 bits per heavy atom. The van der Waals surface area contributed by atoms with Crippen molar-refractivity contribution in [2.45, 2.75) is 19.5 Å². The van der Waals surface area contributed by atoms with Crippen LogP contribution in [0.4, 0.5) is 0 Å². The predicted molar refractivity (Wildman–Crippen MR) is 87.9 cm³/mol. The molecule has 0 saturated heterocycles. The molecule has 23 heavy (non-hydrogen) atoms. The Labute approximate surface area is 135 Å². The second-order valence-corrected chi connectivity index (χ2v) is 5.39. The lowest BCUT2D eigenvalue weighted by molar-refractivity contribution is 0.0934. The number of nitrogens with one attached hydrogen (secondary N) is 1. The van der Waals surface area contributed by atoms with Crippen LogP contribution in [0.1, 0.15) is 34.6 Å². The van der Waals surface area contributed by atoms with Crippen LogP contribution in [0, 0.1) is 0 Å². The molecule has 5 nitrogen and oxygen atoms in total. The van der Waals surface area contributed by atoms with E-state index in [1.807, 2.05) is 67.6 Å². The van der Waals surface area contributed by atoms with Crippen molar-refractivity contribution in [1.82, 2.24) is 20.3 Å². The number of aromatic nitrogens is 3. The number of nitrogens with zero attached hydrogens (tertiary/aromatic N) is 3. The summed E-state index contributed by atoms with van der Waals surface area (Å²) in [5.41, 5.74) is 2.49. The number of hydrogen-bond acceptors (Lipinski definition) is 3. The maximum atomic E-state index is 12.3. The Bertz CT molecular complexity index is 768. The third-order valence-electron chi connectivity index (χ3n) is 3.61. The maximum Gasteiger partial charge on any atom is 0.273 e. The quantitative estimate of drug-likeness (QED) is 0.788. The first kappa shape index (κ1) is 15.0. The lowest BCUT2D eigenvalue weighted by Crippen LogP contribution is -2.26. The Hall–Kier alpha value is -2.95. The molecule has 5 heteroatoms. The van der Waals surface area contributed by atoms with Crippen molar-refractivity contribution >= 4 is 5.91 Å². The van der Waals surface area contributed by atoms with Crippen LogP contribution in [-0.4, -0.2) is 20.9 Å². The number of hydrogen-bond donors (Lipinski definition) is 1. The van der Waals surface area contributed by atoms with E-state index in [4.69, 9.17) is 0 Å². The van der Waals surface area contributed by atoms with Crippen molar-refractivity contribution in [3.63, 3.8) is 0 Å². The molecule has 1 aromatic heterocycles. The van der Waals surface area contributed by atoms with Crippen molar-refractivity contribution in [1.29, 1.82) is 0 Å². The zero-order valence-electron chi connectivity index (χ0n) is 12.9. The first-order valence-electron chi connectivity index (χ1n) is 7.52. The van der Waals surface area contributed by atoms with Crippen LogP contribution in [0.25, 0.3) is 0 Å². The second kappa shape index (κ2) is 6.87. The van der Waals surface area contributed by atoms with Gasteiger partial charge in [-0.3, -0.25) is 4.79 Å². The fraction of sp³-hybridized carbons (Fsp3) is 0.167. The van der Waals surface area contributed by atoms with Gasteiger partial charge in [0.15, 0.2) is 5.69 Å². The van der Waals surface area contributed by atoms with Gasteiger partial charge in [0.05, 0.1) is 18.8 Å². The van der Waals surface area contributed by atoms with E-state index < -0.39 is 0 Å². The Kier molecular flexibility index (Phi) is 4.47. The van der Waals surface area contributed by atoms with E-state index in [1.165, 1.54) is 0 Å². The molecule has 2 aromatic carbocycles. The molecule has 1 atom stereocenters. The Balaban J connectivity index is 1.64. The molecular formula is C18H18N4O. The molecule has 0 aliphatic carbocycles. The molecule has 0 bridgehead atoms. The van der Waals surface area contributed by atoms with Gasteiger partial charge in [0.2, 0.25) is 0 Å². The van der Waals surface area contributed by atoms with Crippen LogP contribution in [0.2, 0.25) is 0 Å². The van der Waals surface area contributed by atoms with Crippen LogP contribution < -0.4 is 5.32 Å². The smallest absolute Gasteiger partial charge is 0.273 e. The van der Waals surface area contributed by atoms with E-state index in [1.54, 1.807) is 10.9 Å². The van der Waals surface area contributed by atoms with Gasteiger partial charge in [-0.2, -0.15) is 0 Å². The van der Waals surface area contributed by atoms with Gasteiger partial charge < -0.3 is 5.32 Å². The predicted octanol–water partition coefficient (Wildman–Crippen LogP) is 2.82. The number of carbonyl (C=O) groups is 1. The van der Waals surface area contributed by atoms with E-state index >= 15 is 0 Å². The maximum absolute atomic E-state index is 12.3. The van der Waals surface area contributed by atoms with Crippen molar-refractivity contribution in [3.05, 3.63) is 83.7 Å². The number of amides is 1. The number of carbonyl (C=O) groups excluding carboxylic acids is 1. The van der Waals surface area contributed by atoms with Crippen molar-refractivity contribution in [2.75, 3.05) is 0 Å². The van der Waals surface area contributed by atoms with Crippen LogP contribution in [-0.2, 0) is 6.54 Å². The summed E-state index contributed by atoms with van der Waals surface area (Å²) >= 11 is 0. The van der Waals surface area contributed by atoms with Gasteiger partial charge in [0, 0.05) is 0 Å². The van der Waals surface area contributed by atoms with E-state index in [0.717, 1.165) is 11.1 Å². The average molecular weight is 306 g/mol. The van der Waals surface area contributed by atoms with Crippen LogP contribution in [0.5, 0.6) is 0 Å². The van der Waals surface area contributed by atoms with Gasteiger partial charge in [0.1, 0.15) is 0 Å². The Morgan fingerprint density at radius 1 is 1.09 bits per heavy atom. The molecule has 0 spiro atoms. The van der Waals surface area contributed by atoms with Crippen molar-refractivity contribution in [2.24, 2.45) is 0 Å². The topological polar surface area (TPSA) is 59.8 Å². The zero-order valence-corrected chi connectivity index (χ0v) is 12.9. The highest BCUT2D eigenvalue weighted by atomic mass is 16.2. The fourth-order valence-corrected chi connectivity index (χ4v) is 2.35. The number of rotatable bonds is 5. The SMILES string of the molecule is C[C@H](NC(=O)c1cn(Cc2ccccc2)nn1)c1ccccc1. The summed E-state index contributed by atoms with van der Waals surface area (Å²) in [5, 5.41) is 10.9. The molecule has 0 aliphatic heterocycles. The van der Waals surface area contributed by atoms with E-state index in [0.29, 0.717) is 12.2 Å². The van der Waals surface area contributed by atoms with Crippen molar-refractivity contribution < 1.29 is 4.79 Å². The lowest BCUT2D eigenvalue weighted by Gasteiger charge is -2.12. The van der Waals surface area contributed by atoms with E-state index in [9.17, 15) is 4.79 Å². The third kappa shape index (κ3) is 3.83. The summed E-state index contributed by atoms with van der Waals surface area (Å²) in [7, 11) is 0. The largest absolute Gasteiger partial charge is 0.344 e. The van der Waals surface area contributed by atoms with E-state index in [2.05, 4.69) is 15.6 Å². The third-order valence-corrected chi connectivity index (χ3v) is 3.61. The molecule has 0 fully saturated rings. The summed E-state index contributed by atoms with van der Waals surface area (Å²) < 4.78 is 1.66. The molecule has 1 N–H and O–H groups in total. The molecule has 3 aromatic rings. The van der Waals surface area contributed by atoms with Crippen LogP contribution in [0.3, 0.4) is 0 Å². The monoisotopic (exact) mass is 306 g/mol. The lowest BCUT2D eigenvalue weighted by atomic mass is 10.1. The summed E-state index contributed by atoms with van der Waals surface area (Å²) in [4.78, 5) is 12.3. The van der Waals surface area contributed by atoms with Crippen LogP contribution >= 0.6 is 0 Å². The first-order valence-corrected chi connectivity index (χ1v) is 7.52. The van der Waals surface area contributed by atoms with Gasteiger partial charge in [-0.15, -0.1) is 5.10 Å². The summed E-state index contributed by atoms with van der Waals surface area (Å²) in [6.07, 6.45) is 1.67. The Morgan fingerprint density at radius 2 is 1.74 bits per heavy atom. The number of benzene rings is 2. The van der Waals surface area contributed by atoms with Crippen LogP contribution in [0.15, 0.2) is 66.9 Å². The average Bonchev–Trinajstić information content (AvgIpc) is 3.05. The summed E-state index contributed by atoms with van der Waals surface area (Å²) in [6.45, 7) is 2.54. The highest BCUT2D eigenvalue weighted by Gasteiger charge is 2.14. The standard InChI is InChI=1S/C18H18N4O/c1-14(16-10-6-3-7-11-16)19-18(23)17-13-22(21-20-17)12-15-8-4-2-5-9-15/h2-11,13-14H,12H2,1H3,(H,19,23)/t14-/m0/s1. The van der Waals surface area contributed by atoms with Gasteiger partial charge in [0.25, 0.3) is 5.91 Å². The zero-order chi connectivity index (χ0) is 16.1. The van der Waals surface area contributed by atoms with Gasteiger partial charge in [-0.25, -0.2) is 4.68 Å². The van der Waals surface area contributed by atoms with Crippen molar-refractivity contribution in [3.8, 4) is 0 Å². The summed E-state index contributed by atoms with van der Waals surface area (Å²) in [5.74, 6) is -0.222. The molecular weight excluding hydrogens is 288 g/mol. The molecule has 3 rings (SSSR count). The highest BCUT2D eigenvalue weighted by Crippen LogP contribution is 2.12. The minimum absolute atomic E-state index is 0.0806. The molecule has 1 amide bonds. The molecule has 0 radical (unpaired) electrons. The summed E-state index contributed by atoms with van der Waals surface area (Å²) in [6, 6.07) is 19.7. The second-order valence-electron chi connectivity index (χ2n) is 5.39. The minimum atomic E-state index is -0.222. The normalized spacial score (nSPS) is 11.9. The molecule has 1 heterocycles. The van der Waals surface area contributed by atoms with E-state index in [-0.39, 0.29) is 11.9 Å². The molecule has 116 valence electrons. The fourth-order valence-electron chi connectivity index (χ4n) is 2.35. The van der Waals surface area contributed by atoms with Gasteiger partial charge in [-0.1, -0.05) is 65.9 Å². The van der Waals surface area contributed by atoms with Gasteiger partial charge >= 0.3 is 0 Å². The highest BCUT2D eigenvalue weighted by molar-refractivity contribution is 5.92. The molecule has 0 aliphatic rings. The molecule has 0 unspecified atom stereocenters. The molecule has 0 saturated carbocycles. The van der Waals surface area contributed by atoms with Gasteiger partial charge in [-0.05, 0) is 18.1 Å². The first-order chi connectivity index (χ1) is 11.2. The minimum Gasteiger partial charge on any atom is -0.344 e.